The maximum atomic E-state index is 11.8. The number of hydrogen-bond acceptors (Lipinski definition) is 3. The lowest BCUT2D eigenvalue weighted by Crippen LogP contribution is -2.41. The van der Waals surface area contributed by atoms with Crippen molar-refractivity contribution in [3.05, 3.63) is 0 Å². The van der Waals surface area contributed by atoms with E-state index in [2.05, 4.69) is 0 Å². The third-order valence-electron chi connectivity index (χ3n) is 3.79. The molecule has 0 radical (unpaired) electrons. The Morgan fingerprint density at radius 1 is 1.06 bits per heavy atom. The second-order valence-electron chi connectivity index (χ2n) is 4.91. The second kappa shape index (κ2) is 4.44. The van der Waals surface area contributed by atoms with Crippen molar-refractivity contribution in [3.63, 3.8) is 0 Å². The van der Waals surface area contributed by atoms with E-state index in [4.69, 9.17) is 4.74 Å². The lowest BCUT2D eigenvalue weighted by Gasteiger charge is -2.25. The highest BCUT2D eigenvalue weighted by Gasteiger charge is 2.46. The molecule has 4 nitrogen and oxygen atoms in total. The molecule has 4 heteroatoms. The van der Waals surface area contributed by atoms with Crippen LogP contribution in [0.5, 0.6) is 0 Å². The van der Waals surface area contributed by atoms with Gasteiger partial charge in [0.25, 0.3) is 0 Å². The van der Waals surface area contributed by atoms with Crippen LogP contribution in [0.3, 0.4) is 0 Å². The van der Waals surface area contributed by atoms with Gasteiger partial charge in [0.2, 0.25) is 5.60 Å². The standard InChI is InChI=1S/C12H18O4/c13-10(9-5-1-2-6-9)16-12(11(14)15)7-3-4-8-12/h9H,1-8H2,(H,14,15). The molecular formula is C12H18O4. The molecule has 0 unspecified atom stereocenters. The maximum Gasteiger partial charge on any atom is 0.348 e. The highest BCUT2D eigenvalue weighted by Crippen LogP contribution is 2.36. The zero-order chi connectivity index (χ0) is 11.6. The smallest absolute Gasteiger partial charge is 0.348 e. The van der Waals surface area contributed by atoms with Crippen LogP contribution in [0.2, 0.25) is 0 Å². The Hall–Kier alpha value is -1.06. The number of rotatable bonds is 3. The number of aliphatic carboxylic acids is 1. The third kappa shape index (κ3) is 2.06. The molecule has 2 aliphatic carbocycles. The van der Waals surface area contributed by atoms with Gasteiger partial charge < -0.3 is 9.84 Å². The molecule has 0 aromatic rings. The largest absolute Gasteiger partial charge is 0.478 e. The summed E-state index contributed by atoms with van der Waals surface area (Å²) >= 11 is 0. The highest BCUT2D eigenvalue weighted by molar-refractivity contribution is 5.83. The van der Waals surface area contributed by atoms with E-state index in [0.717, 1.165) is 38.5 Å². The van der Waals surface area contributed by atoms with Crippen molar-refractivity contribution in [1.29, 1.82) is 0 Å². The zero-order valence-electron chi connectivity index (χ0n) is 9.41. The molecular weight excluding hydrogens is 208 g/mol. The van der Waals surface area contributed by atoms with E-state index in [-0.39, 0.29) is 11.9 Å². The fraction of sp³-hybridized carbons (Fsp3) is 0.833. The first kappa shape index (κ1) is 11.4. The van der Waals surface area contributed by atoms with Crippen molar-refractivity contribution in [2.45, 2.75) is 57.0 Å². The summed E-state index contributed by atoms with van der Waals surface area (Å²) in [4.78, 5) is 23.0. The second-order valence-corrected chi connectivity index (χ2v) is 4.91. The van der Waals surface area contributed by atoms with Gasteiger partial charge >= 0.3 is 11.9 Å². The van der Waals surface area contributed by atoms with Crippen molar-refractivity contribution in [1.82, 2.24) is 0 Å². The minimum Gasteiger partial charge on any atom is -0.478 e. The number of ether oxygens (including phenoxy) is 1. The van der Waals surface area contributed by atoms with Gasteiger partial charge in [-0.15, -0.1) is 0 Å². The molecule has 0 amide bonds. The number of carboxylic acid groups (broad SMARTS) is 1. The Morgan fingerprint density at radius 3 is 2.12 bits per heavy atom. The lowest BCUT2D eigenvalue weighted by molar-refractivity contribution is -0.180. The van der Waals surface area contributed by atoms with Crippen molar-refractivity contribution in [2.24, 2.45) is 5.92 Å². The average Bonchev–Trinajstić information content (AvgIpc) is 2.88. The van der Waals surface area contributed by atoms with Gasteiger partial charge in [0.15, 0.2) is 0 Å². The van der Waals surface area contributed by atoms with Crippen LogP contribution in [0.25, 0.3) is 0 Å². The molecule has 0 aromatic carbocycles. The molecule has 90 valence electrons. The molecule has 2 aliphatic rings. The van der Waals surface area contributed by atoms with Crippen LogP contribution in [-0.4, -0.2) is 22.6 Å². The van der Waals surface area contributed by atoms with Gasteiger partial charge in [0.1, 0.15) is 0 Å². The summed E-state index contributed by atoms with van der Waals surface area (Å²) in [6.07, 6.45) is 6.44. The minimum atomic E-state index is -1.21. The van der Waals surface area contributed by atoms with Crippen molar-refractivity contribution >= 4 is 11.9 Å². The van der Waals surface area contributed by atoms with E-state index in [1.807, 2.05) is 0 Å². The topological polar surface area (TPSA) is 63.6 Å². The number of carbonyl (C=O) groups is 2. The van der Waals surface area contributed by atoms with Crippen LogP contribution in [-0.2, 0) is 14.3 Å². The predicted molar refractivity (Wildman–Crippen MR) is 56.9 cm³/mol. The molecule has 0 spiro atoms. The summed E-state index contributed by atoms with van der Waals surface area (Å²) in [6, 6.07) is 0. The summed E-state index contributed by atoms with van der Waals surface area (Å²) in [7, 11) is 0. The van der Waals surface area contributed by atoms with E-state index < -0.39 is 11.6 Å². The molecule has 0 saturated heterocycles. The summed E-state index contributed by atoms with van der Waals surface area (Å²) in [6.45, 7) is 0. The molecule has 16 heavy (non-hydrogen) atoms. The first-order chi connectivity index (χ1) is 7.64. The Balaban J connectivity index is 2.00. The van der Waals surface area contributed by atoms with E-state index in [1.165, 1.54) is 0 Å². The quantitative estimate of drug-likeness (QED) is 0.749. The first-order valence-electron chi connectivity index (χ1n) is 6.10. The van der Waals surface area contributed by atoms with E-state index >= 15 is 0 Å². The number of carbonyl (C=O) groups excluding carboxylic acids is 1. The number of esters is 1. The molecule has 0 atom stereocenters. The minimum absolute atomic E-state index is 0.0585. The zero-order valence-corrected chi connectivity index (χ0v) is 9.41. The fourth-order valence-corrected chi connectivity index (χ4v) is 2.74. The van der Waals surface area contributed by atoms with Gasteiger partial charge in [-0.1, -0.05) is 12.8 Å². The van der Waals surface area contributed by atoms with Gasteiger partial charge in [-0.25, -0.2) is 4.79 Å². The molecule has 0 aliphatic heterocycles. The Kier molecular flexibility index (Phi) is 3.17. The Morgan fingerprint density at radius 2 is 1.62 bits per heavy atom. The molecule has 0 aromatic heterocycles. The van der Waals surface area contributed by atoms with Crippen LogP contribution in [0.4, 0.5) is 0 Å². The summed E-state index contributed by atoms with van der Waals surface area (Å²) in [5, 5.41) is 9.18. The van der Waals surface area contributed by atoms with Crippen LogP contribution < -0.4 is 0 Å². The average molecular weight is 226 g/mol. The van der Waals surface area contributed by atoms with Crippen LogP contribution in [0, 0.1) is 5.92 Å². The highest BCUT2D eigenvalue weighted by atomic mass is 16.6. The third-order valence-corrected chi connectivity index (χ3v) is 3.79. The SMILES string of the molecule is O=C(OC1(C(=O)O)CCCC1)C1CCCC1. The summed E-state index contributed by atoms with van der Waals surface area (Å²) in [5.74, 6) is -1.32. The van der Waals surface area contributed by atoms with Crippen LogP contribution in [0.1, 0.15) is 51.4 Å². The molecule has 2 saturated carbocycles. The maximum absolute atomic E-state index is 11.8. The monoisotopic (exact) mass is 226 g/mol. The lowest BCUT2D eigenvalue weighted by atomic mass is 10.0. The van der Waals surface area contributed by atoms with Crippen molar-refractivity contribution < 1.29 is 19.4 Å². The summed E-state index contributed by atoms with van der Waals surface area (Å²) in [5.41, 5.74) is -1.21. The van der Waals surface area contributed by atoms with Gasteiger partial charge in [-0.05, 0) is 38.5 Å². The van der Waals surface area contributed by atoms with Gasteiger partial charge in [0, 0.05) is 0 Å². The van der Waals surface area contributed by atoms with Gasteiger partial charge in [-0.2, -0.15) is 0 Å². The molecule has 2 fully saturated rings. The van der Waals surface area contributed by atoms with E-state index in [9.17, 15) is 14.7 Å². The molecule has 2 rings (SSSR count). The van der Waals surface area contributed by atoms with Crippen molar-refractivity contribution in [2.75, 3.05) is 0 Å². The van der Waals surface area contributed by atoms with Crippen LogP contribution in [0.15, 0.2) is 0 Å². The van der Waals surface area contributed by atoms with Crippen LogP contribution >= 0.6 is 0 Å². The predicted octanol–water partition coefficient (Wildman–Crippen LogP) is 2.12. The number of carboxylic acids is 1. The Bertz CT molecular complexity index is 285. The van der Waals surface area contributed by atoms with E-state index in [1.54, 1.807) is 0 Å². The first-order valence-corrected chi connectivity index (χ1v) is 6.10. The van der Waals surface area contributed by atoms with Gasteiger partial charge in [0.05, 0.1) is 5.92 Å². The molecule has 1 N–H and O–H groups in total. The van der Waals surface area contributed by atoms with E-state index in [0.29, 0.717) is 12.8 Å². The normalized spacial score (nSPS) is 24.5. The number of hydrogen-bond donors (Lipinski definition) is 1. The fourth-order valence-electron chi connectivity index (χ4n) is 2.74. The van der Waals surface area contributed by atoms with Crippen molar-refractivity contribution in [3.8, 4) is 0 Å². The molecule has 0 heterocycles. The Labute approximate surface area is 95.0 Å². The summed E-state index contributed by atoms with van der Waals surface area (Å²) < 4.78 is 5.31. The van der Waals surface area contributed by atoms with Gasteiger partial charge in [-0.3, -0.25) is 4.79 Å². The molecule has 0 bridgehead atoms.